The minimum atomic E-state index is -3.48. The van der Waals surface area contributed by atoms with Gasteiger partial charge in [0.1, 0.15) is 4.90 Å². The molecule has 3 nitrogen and oxygen atoms in total. The SMILES string of the molecule is O=S(=O)(NCC1CCC1)c1ccc(Br)cc1Cl. The number of hydrogen-bond donors (Lipinski definition) is 1. The van der Waals surface area contributed by atoms with E-state index in [0.29, 0.717) is 12.5 Å². The van der Waals surface area contributed by atoms with Gasteiger partial charge in [-0.2, -0.15) is 0 Å². The summed E-state index contributed by atoms with van der Waals surface area (Å²) in [4.78, 5) is 0.140. The molecule has 0 heterocycles. The van der Waals surface area contributed by atoms with Crippen LogP contribution in [0.3, 0.4) is 0 Å². The second-order valence-corrected chi connectivity index (χ2v) is 7.28. The van der Waals surface area contributed by atoms with Gasteiger partial charge in [-0.05, 0) is 37.0 Å². The van der Waals surface area contributed by atoms with E-state index in [1.54, 1.807) is 12.1 Å². The topological polar surface area (TPSA) is 46.2 Å². The number of benzene rings is 1. The lowest BCUT2D eigenvalue weighted by Gasteiger charge is -2.25. The number of halogens is 2. The molecule has 6 heteroatoms. The molecule has 1 N–H and O–H groups in total. The third-order valence-corrected chi connectivity index (χ3v) is 5.37. The molecular weight excluding hydrogens is 326 g/mol. The van der Waals surface area contributed by atoms with Crippen molar-refractivity contribution in [3.05, 3.63) is 27.7 Å². The van der Waals surface area contributed by atoms with Gasteiger partial charge in [-0.1, -0.05) is 34.0 Å². The molecule has 1 fully saturated rings. The quantitative estimate of drug-likeness (QED) is 0.916. The molecule has 1 aliphatic carbocycles. The average molecular weight is 339 g/mol. The monoisotopic (exact) mass is 337 g/mol. The lowest BCUT2D eigenvalue weighted by Crippen LogP contribution is -2.32. The van der Waals surface area contributed by atoms with Crippen LogP contribution >= 0.6 is 27.5 Å². The average Bonchev–Trinajstić information content (AvgIpc) is 2.13. The molecule has 0 aliphatic heterocycles. The molecule has 1 aromatic carbocycles. The van der Waals surface area contributed by atoms with Crippen LogP contribution in [0.5, 0.6) is 0 Å². The first kappa shape index (κ1) is 13.3. The summed E-state index contributed by atoms with van der Waals surface area (Å²) in [7, 11) is -3.48. The fraction of sp³-hybridized carbons (Fsp3) is 0.455. The fourth-order valence-electron chi connectivity index (χ4n) is 1.70. The van der Waals surface area contributed by atoms with Crippen LogP contribution in [0.4, 0.5) is 0 Å². The maximum Gasteiger partial charge on any atom is 0.242 e. The Kier molecular flexibility index (Phi) is 4.13. The predicted molar refractivity (Wildman–Crippen MR) is 71.7 cm³/mol. The summed E-state index contributed by atoms with van der Waals surface area (Å²) >= 11 is 9.17. The van der Waals surface area contributed by atoms with E-state index in [2.05, 4.69) is 20.7 Å². The van der Waals surface area contributed by atoms with Gasteiger partial charge in [0, 0.05) is 11.0 Å². The van der Waals surface area contributed by atoms with Crippen molar-refractivity contribution >= 4 is 37.6 Å². The largest absolute Gasteiger partial charge is 0.242 e. The molecule has 0 atom stereocenters. The summed E-state index contributed by atoms with van der Waals surface area (Å²) in [5.74, 6) is 0.485. The molecule has 1 aliphatic rings. The highest BCUT2D eigenvalue weighted by molar-refractivity contribution is 9.10. The van der Waals surface area contributed by atoms with Crippen LogP contribution < -0.4 is 4.72 Å². The summed E-state index contributed by atoms with van der Waals surface area (Å²) in [5.41, 5.74) is 0. The Morgan fingerprint density at radius 1 is 1.41 bits per heavy atom. The Hall–Kier alpha value is -0.100. The van der Waals surface area contributed by atoms with Crippen molar-refractivity contribution in [3.63, 3.8) is 0 Å². The van der Waals surface area contributed by atoms with Crippen LogP contribution in [-0.2, 0) is 10.0 Å². The molecule has 0 saturated heterocycles. The van der Waals surface area contributed by atoms with E-state index in [0.717, 1.165) is 17.3 Å². The zero-order chi connectivity index (χ0) is 12.5. The van der Waals surface area contributed by atoms with E-state index < -0.39 is 10.0 Å². The summed E-state index contributed by atoms with van der Waals surface area (Å²) < 4.78 is 27.4. The van der Waals surface area contributed by atoms with E-state index in [-0.39, 0.29) is 9.92 Å². The summed E-state index contributed by atoms with van der Waals surface area (Å²) in [5, 5.41) is 0.237. The number of rotatable bonds is 4. The Morgan fingerprint density at radius 3 is 2.65 bits per heavy atom. The highest BCUT2D eigenvalue weighted by Crippen LogP contribution is 2.27. The lowest BCUT2D eigenvalue weighted by molar-refractivity contribution is 0.316. The van der Waals surface area contributed by atoms with Gasteiger partial charge < -0.3 is 0 Å². The number of sulfonamides is 1. The molecule has 0 bridgehead atoms. The maximum absolute atomic E-state index is 12.0. The van der Waals surface area contributed by atoms with Gasteiger partial charge in [0.2, 0.25) is 10.0 Å². The molecule has 0 aromatic heterocycles. The minimum Gasteiger partial charge on any atom is -0.211 e. The second kappa shape index (κ2) is 5.26. The van der Waals surface area contributed by atoms with Crippen LogP contribution in [0, 0.1) is 5.92 Å². The number of hydrogen-bond acceptors (Lipinski definition) is 2. The normalized spacial score (nSPS) is 16.8. The highest BCUT2D eigenvalue weighted by atomic mass is 79.9. The van der Waals surface area contributed by atoms with Crippen molar-refractivity contribution < 1.29 is 8.42 Å². The Bertz CT molecular complexity index is 514. The molecule has 1 saturated carbocycles. The molecular formula is C11H13BrClNO2S. The maximum atomic E-state index is 12.0. The van der Waals surface area contributed by atoms with Crippen molar-refractivity contribution in [1.82, 2.24) is 4.72 Å². The molecule has 94 valence electrons. The number of nitrogens with one attached hydrogen (secondary N) is 1. The first-order valence-electron chi connectivity index (χ1n) is 5.44. The zero-order valence-corrected chi connectivity index (χ0v) is 12.3. The van der Waals surface area contributed by atoms with Crippen LogP contribution in [0.25, 0.3) is 0 Å². The van der Waals surface area contributed by atoms with E-state index >= 15 is 0 Å². The lowest BCUT2D eigenvalue weighted by atomic mass is 9.86. The first-order chi connectivity index (χ1) is 7.99. The van der Waals surface area contributed by atoms with E-state index in [1.165, 1.54) is 12.5 Å². The minimum absolute atomic E-state index is 0.140. The van der Waals surface area contributed by atoms with Crippen molar-refractivity contribution in [2.75, 3.05) is 6.54 Å². The molecule has 0 unspecified atom stereocenters. The summed E-state index contributed by atoms with van der Waals surface area (Å²) in [6, 6.07) is 4.76. The molecule has 0 amide bonds. The zero-order valence-electron chi connectivity index (χ0n) is 9.12. The second-order valence-electron chi connectivity index (χ2n) is 4.22. The first-order valence-corrected chi connectivity index (χ1v) is 8.09. The van der Waals surface area contributed by atoms with Crippen LogP contribution in [0.1, 0.15) is 19.3 Å². The summed E-state index contributed by atoms with van der Waals surface area (Å²) in [6.45, 7) is 0.509. The highest BCUT2D eigenvalue weighted by Gasteiger charge is 2.22. The Labute approximate surface area is 115 Å². The van der Waals surface area contributed by atoms with Gasteiger partial charge in [0.05, 0.1) is 5.02 Å². The van der Waals surface area contributed by atoms with Crippen molar-refractivity contribution in [1.29, 1.82) is 0 Å². The predicted octanol–water partition coefficient (Wildman–Crippen LogP) is 3.18. The third-order valence-electron chi connectivity index (χ3n) is 2.97. The van der Waals surface area contributed by atoms with Crippen LogP contribution in [0.2, 0.25) is 5.02 Å². The smallest absolute Gasteiger partial charge is 0.211 e. The molecule has 1 aromatic rings. The van der Waals surface area contributed by atoms with Crippen LogP contribution in [-0.4, -0.2) is 15.0 Å². The van der Waals surface area contributed by atoms with Gasteiger partial charge in [-0.25, -0.2) is 13.1 Å². The van der Waals surface area contributed by atoms with Gasteiger partial charge in [-0.3, -0.25) is 0 Å². The van der Waals surface area contributed by atoms with Gasteiger partial charge >= 0.3 is 0 Å². The van der Waals surface area contributed by atoms with Gasteiger partial charge in [0.25, 0.3) is 0 Å². The molecule has 17 heavy (non-hydrogen) atoms. The van der Waals surface area contributed by atoms with Crippen LogP contribution in [0.15, 0.2) is 27.6 Å². The molecule has 0 spiro atoms. The van der Waals surface area contributed by atoms with Crippen molar-refractivity contribution in [2.45, 2.75) is 24.2 Å². The summed E-state index contributed by atoms with van der Waals surface area (Å²) in [6.07, 6.45) is 3.42. The molecule has 0 radical (unpaired) electrons. The van der Waals surface area contributed by atoms with Gasteiger partial charge in [-0.15, -0.1) is 0 Å². The third kappa shape index (κ3) is 3.22. The van der Waals surface area contributed by atoms with Crippen molar-refractivity contribution in [2.24, 2.45) is 5.92 Å². The Morgan fingerprint density at radius 2 is 2.12 bits per heavy atom. The standard InChI is InChI=1S/C11H13BrClNO2S/c12-9-4-5-11(10(13)6-9)17(15,16)14-7-8-2-1-3-8/h4-6,8,14H,1-3,7H2. The fourth-order valence-corrected chi connectivity index (χ4v) is 3.85. The van der Waals surface area contributed by atoms with E-state index in [1.807, 2.05) is 0 Å². The Balaban J connectivity index is 2.12. The van der Waals surface area contributed by atoms with E-state index in [9.17, 15) is 8.42 Å². The van der Waals surface area contributed by atoms with Crippen molar-refractivity contribution in [3.8, 4) is 0 Å². The molecule has 2 rings (SSSR count). The van der Waals surface area contributed by atoms with E-state index in [4.69, 9.17) is 11.6 Å². The van der Waals surface area contributed by atoms with Gasteiger partial charge in [0.15, 0.2) is 0 Å².